The molecule has 0 unspecified atom stereocenters. The van der Waals surface area contributed by atoms with Crippen molar-refractivity contribution in [2.45, 2.75) is 26.7 Å². The third-order valence-corrected chi connectivity index (χ3v) is 9.73. The molecule has 10 heteroatoms. The fourth-order valence-corrected chi connectivity index (χ4v) is 6.49. The van der Waals surface area contributed by atoms with Crippen molar-refractivity contribution in [1.29, 1.82) is 0 Å². The van der Waals surface area contributed by atoms with Gasteiger partial charge in [0.1, 0.15) is 24.7 Å². The number of carbonyl (C=O) groups is 2. The average Bonchev–Trinajstić information content (AvgIpc) is 3.29. The SMILES string of the molecule is CCC(=C(C(=O)Nc1ccc(OCCN(C)C)cc1)c1ccccc1)c1ccccc1.CCC(=C(C(=O)O)c1ccccc1)c1ccccc1.CN(C)CCOc1ccc(N)cc1.Cl. The molecule has 64 heavy (non-hydrogen) atoms. The summed E-state index contributed by atoms with van der Waals surface area (Å²) in [6, 6.07) is 53.8. The number of benzene rings is 6. The lowest BCUT2D eigenvalue weighted by Crippen LogP contribution is -2.19. The summed E-state index contributed by atoms with van der Waals surface area (Å²) in [4.78, 5) is 29.2. The van der Waals surface area contributed by atoms with Crippen LogP contribution in [-0.2, 0) is 9.59 Å². The fourth-order valence-electron chi connectivity index (χ4n) is 6.49. The van der Waals surface area contributed by atoms with Gasteiger partial charge in [-0.05, 0) is 123 Å². The maximum absolute atomic E-state index is 13.4. The summed E-state index contributed by atoms with van der Waals surface area (Å²) >= 11 is 0. The molecule has 1 amide bonds. The molecule has 0 fully saturated rings. The Balaban J connectivity index is 0.000000280. The molecule has 0 saturated heterocycles. The maximum Gasteiger partial charge on any atom is 0.336 e. The Morgan fingerprint density at radius 2 is 0.859 bits per heavy atom. The number of carboxylic acids is 1. The molecule has 0 aliphatic rings. The first-order chi connectivity index (χ1) is 30.5. The van der Waals surface area contributed by atoms with Crippen LogP contribution in [0.25, 0.3) is 22.3 Å². The van der Waals surface area contributed by atoms with Gasteiger partial charge in [-0.1, -0.05) is 135 Å². The Kier molecular flexibility index (Phi) is 22.7. The Bertz CT molecular complexity index is 2320. The monoisotopic (exact) mass is 882 g/mol. The summed E-state index contributed by atoms with van der Waals surface area (Å²) in [7, 11) is 8.07. The summed E-state index contributed by atoms with van der Waals surface area (Å²) in [6.07, 6.45) is 1.43. The molecule has 6 rings (SSSR count). The number of likely N-dealkylation sites (N-methyl/N-ethyl adjacent to an activating group) is 2. The number of hydrogen-bond donors (Lipinski definition) is 3. The zero-order valence-electron chi connectivity index (χ0n) is 37.9. The van der Waals surface area contributed by atoms with Crippen LogP contribution in [0.1, 0.15) is 48.9 Å². The van der Waals surface area contributed by atoms with E-state index >= 15 is 0 Å². The second kappa shape index (κ2) is 28.1. The minimum atomic E-state index is -0.882. The maximum atomic E-state index is 13.4. The van der Waals surface area contributed by atoms with Crippen LogP contribution in [0.5, 0.6) is 11.5 Å². The van der Waals surface area contributed by atoms with Gasteiger partial charge in [0.05, 0.1) is 11.1 Å². The van der Waals surface area contributed by atoms with E-state index < -0.39 is 5.97 Å². The molecule has 0 aliphatic carbocycles. The van der Waals surface area contributed by atoms with E-state index in [4.69, 9.17) is 15.2 Å². The van der Waals surface area contributed by atoms with Crippen LogP contribution in [-0.4, -0.2) is 81.3 Å². The van der Waals surface area contributed by atoms with E-state index in [1.165, 1.54) is 0 Å². The van der Waals surface area contributed by atoms with Crippen LogP contribution in [0.4, 0.5) is 11.4 Å². The van der Waals surface area contributed by atoms with E-state index in [0.29, 0.717) is 30.8 Å². The second-order valence-corrected chi connectivity index (χ2v) is 15.0. The molecule has 0 radical (unpaired) electrons. The van der Waals surface area contributed by atoms with Gasteiger partial charge in [-0.2, -0.15) is 0 Å². The summed E-state index contributed by atoms with van der Waals surface area (Å²) in [6.45, 7) is 7.16. The zero-order valence-corrected chi connectivity index (χ0v) is 38.7. The van der Waals surface area contributed by atoms with Crippen LogP contribution in [0.15, 0.2) is 170 Å². The lowest BCUT2D eigenvalue weighted by atomic mass is 9.92. The van der Waals surface area contributed by atoms with Crippen LogP contribution in [0.3, 0.4) is 0 Å². The smallest absolute Gasteiger partial charge is 0.336 e. The summed E-state index contributed by atoms with van der Waals surface area (Å²) in [5, 5.41) is 12.6. The highest BCUT2D eigenvalue weighted by atomic mass is 35.5. The first-order valence-corrected chi connectivity index (χ1v) is 21.2. The van der Waals surface area contributed by atoms with Gasteiger partial charge in [0.2, 0.25) is 0 Å². The Labute approximate surface area is 386 Å². The quantitative estimate of drug-likeness (QED) is 0.0471. The molecule has 0 aromatic heterocycles. The number of nitrogens with two attached hydrogens (primary N) is 1. The molecular weight excluding hydrogens is 820 g/mol. The summed E-state index contributed by atoms with van der Waals surface area (Å²) < 4.78 is 11.2. The van der Waals surface area contributed by atoms with Crippen LogP contribution < -0.4 is 20.5 Å². The molecule has 6 aromatic rings. The lowest BCUT2D eigenvalue weighted by molar-refractivity contribution is -0.130. The van der Waals surface area contributed by atoms with E-state index in [2.05, 4.69) is 34.2 Å². The van der Waals surface area contributed by atoms with Crippen molar-refractivity contribution in [2.75, 3.05) is 65.5 Å². The minimum Gasteiger partial charge on any atom is -0.492 e. The highest BCUT2D eigenvalue weighted by Gasteiger charge is 2.19. The summed E-state index contributed by atoms with van der Waals surface area (Å²) in [5.41, 5.74) is 13.7. The van der Waals surface area contributed by atoms with Crippen LogP contribution in [0, 0.1) is 0 Å². The third-order valence-electron chi connectivity index (χ3n) is 9.73. The number of halogens is 1. The molecule has 0 bridgehead atoms. The number of nitrogens with zero attached hydrogens (tertiary/aromatic N) is 2. The second-order valence-electron chi connectivity index (χ2n) is 15.0. The summed E-state index contributed by atoms with van der Waals surface area (Å²) in [5.74, 6) is 0.660. The van der Waals surface area contributed by atoms with Crippen molar-refractivity contribution in [1.82, 2.24) is 9.80 Å². The van der Waals surface area contributed by atoms with E-state index in [9.17, 15) is 14.7 Å². The number of anilines is 2. The molecule has 0 atom stereocenters. The number of amides is 1. The van der Waals surface area contributed by atoms with E-state index in [1.54, 1.807) is 0 Å². The molecule has 0 aliphatic heterocycles. The number of allylic oxidation sites excluding steroid dienone is 2. The first kappa shape index (κ1) is 51.7. The number of nitrogen functional groups attached to an aromatic ring is 1. The van der Waals surface area contributed by atoms with Crippen LogP contribution in [0.2, 0.25) is 0 Å². The molecule has 0 heterocycles. The highest BCUT2D eigenvalue weighted by Crippen LogP contribution is 2.31. The number of ether oxygens (including phenoxy) is 2. The number of aliphatic carboxylic acids is 1. The molecule has 4 N–H and O–H groups in total. The number of hydrogen-bond acceptors (Lipinski definition) is 7. The van der Waals surface area contributed by atoms with E-state index in [-0.39, 0.29) is 18.3 Å². The molecule has 6 aromatic carbocycles. The lowest BCUT2D eigenvalue weighted by Gasteiger charge is -2.16. The molecule has 9 nitrogen and oxygen atoms in total. The predicted molar refractivity (Wildman–Crippen MR) is 269 cm³/mol. The molecule has 336 valence electrons. The van der Waals surface area contributed by atoms with Crippen molar-refractivity contribution >= 4 is 58.0 Å². The van der Waals surface area contributed by atoms with E-state index in [0.717, 1.165) is 75.8 Å². The van der Waals surface area contributed by atoms with Gasteiger partial charge in [0.25, 0.3) is 5.91 Å². The standard InChI is InChI=1S/C27H30N2O2.C17H16O2.C10H16N2O.ClH/c1-4-25(21-11-7-5-8-12-21)26(22-13-9-6-10-14-22)27(30)28-23-15-17-24(18-16-23)31-20-19-29(2)3;1-2-15(13-9-5-3-6-10-13)16(17(18)19)14-11-7-4-8-12-14;1-12(2)7-8-13-10-5-3-9(11)4-6-10;/h5-18H,4,19-20H2,1-3H3,(H,28,30);3-12H,2H2,1H3,(H,18,19);3-6H,7-8,11H2,1-2H3;1H. The topological polar surface area (TPSA) is 117 Å². The van der Waals surface area contributed by atoms with Gasteiger partial charge in [0.15, 0.2) is 0 Å². The molecule has 0 saturated carbocycles. The third kappa shape index (κ3) is 17.3. The number of rotatable bonds is 17. The number of carboxylic acid groups (broad SMARTS) is 1. The number of carbonyl (C=O) groups excluding carboxylic acids is 1. The molecule has 0 spiro atoms. The fraction of sp³-hybridized carbons (Fsp3) is 0.222. The molecular formula is C54H63ClN4O5. The van der Waals surface area contributed by atoms with Crippen LogP contribution >= 0.6 is 12.4 Å². The van der Waals surface area contributed by atoms with Gasteiger partial charge >= 0.3 is 5.97 Å². The van der Waals surface area contributed by atoms with Gasteiger partial charge in [-0.3, -0.25) is 4.79 Å². The predicted octanol–water partition coefficient (Wildman–Crippen LogP) is 11.3. The first-order valence-electron chi connectivity index (χ1n) is 21.2. The largest absolute Gasteiger partial charge is 0.492 e. The van der Waals surface area contributed by atoms with E-state index in [1.807, 2.05) is 193 Å². The van der Waals surface area contributed by atoms with Crippen molar-refractivity contribution in [3.8, 4) is 11.5 Å². The number of nitrogens with one attached hydrogen (secondary N) is 1. The van der Waals surface area contributed by atoms with Crippen molar-refractivity contribution in [3.63, 3.8) is 0 Å². The average molecular weight is 884 g/mol. The van der Waals surface area contributed by atoms with Crippen molar-refractivity contribution in [2.24, 2.45) is 0 Å². The van der Waals surface area contributed by atoms with Gasteiger partial charge in [0, 0.05) is 24.5 Å². The Hall–Kier alpha value is -6.65. The van der Waals surface area contributed by atoms with Crippen molar-refractivity contribution < 1.29 is 24.2 Å². The van der Waals surface area contributed by atoms with Crippen molar-refractivity contribution in [3.05, 3.63) is 192 Å². The minimum absolute atomic E-state index is 0. The van der Waals surface area contributed by atoms with Gasteiger partial charge in [-0.25, -0.2) is 4.79 Å². The van der Waals surface area contributed by atoms with Gasteiger partial charge in [-0.15, -0.1) is 12.4 Å². The zero-order chi connectivity index (χ0) is 45.4. The van der Waals surface area contributed by atoms with Gasteiger partial charge < -0.3 is 35.4 Å². The Morgan fingerprint density at radius 1 is 0.516 bits per heavy atom. The Morgan fingerprint density at radius 3 is 1.22 bits per heavy atom. The normalized spacial score (nSPS) is 11.3. The highest BCUT2D eigenvalue weighted by molar-refractivity contribution is 6.31.